The van der Waals surface area contributed by atoms with Gasteiger partial charge in [-0.25, -0.2) is 0 Å². The third kappa shape index (κ3) is 3.92. The molecule has 0 unspecified atom stereocenters. The molecule has 0 spiro atoms. The SMILES string of the molecule is CCCCCC/C=C/[C@@]1(O)C=CC(=O)[C@@H]1c1ccccc1. The molecule has 0 amide bonds. The smallest absolute Gasteiger partial charge is 0.166 e. The largest absolute Gasteiger partial charge is 0.381 e. The molecule has 2 rings (SSSR count). The van der Waals surface area contributed by atoms with Gasteiger partial charge in [0.05, 0.1) is 5.92 Å². The van der Waals surface area contributed by atoms with Gasteiger partial charge >= 0.3 is 0 Å². The van der Waals surface area contributed by atoms with Crippen LogP contribution in [0.5, 0.6) is 0 Å². The van der Waals surface area contributed by atoms with Gasteiger partial charge in [0.25, 0.3) is 0 Å². The summed E-state index contributed by atoms with van der Waals surface area (Å²) >= 11 is 0. The monoisotopic (exact) mass is 284 g/mol. The molecule has 0 heterocycles. The summed E-state index contributed by atoms with van der Waals surface area (Å²) in [4.78, 5) is 12.1. The highest BCUT2D eigenvalue weighted by Gasteiger charge is 2.41. The van der Waals surface area contributed by atoms with Gasteiger partial charge in [-0.2, -0.15) is 0 Å². The molecule has 0 bridgehead atoms. The van der Waals surface area contributed by atoms with E-state index in [0.717, 1.165) is 18.4 Å². The number of carbonyl (C=O) groups is 1. The predicted octanol–water partition coefficient (Wildman–Crippen LogP) is 4.17. The Hall–Kier alpha value is -1.67. The Bertz CT molecular complexity index is 516. The number of rotatable bonds is 7. The molecule has 0 radical (unpaired) electrons. The van der Waals surface area contributed by atoms with Gasteiger partial charge in [-0.15, -0.1) is 0 Å². The fourth-order valence-corrected chi connectivity index (χ4v) is 2.83. The minimum absolute atomic E-state index is 0.0284. The summed E-state index contributed by atoms with van der Waals surface area (Å²) in [5.74, 6) is -0.537. The molecule has 1 aliphatic carbocycles. The van der Waals surface area contributed by atoms with E-state index >= 15 is 0 Å². The number of aliphatic hydroxyl groups is 1. The van der Waals surface area contributed by atoms with Gasteiger partial charge in [-0.3, -0.25) is 4.79 Å². The first-order valence-electron chi connectivity index (χ1n) is 7.85. The fourth-order valence-electron chi connectivity index (χ4n) is 2.83. The van der Waals surface area contributed by atoms with Gasteiger partial charge in [0, 0.05) is 0 Å². The van der Waals surface area contributed by atoms with Crippen molar-refractivity contribution in [2.24, 2.45) is 0 Å². The molecule has 0 aliphatic heterocycles. The van der Waals surface area contributed by atoms with E-state index in [2.05, 4.69) is 6.92 Å². The zero-order valence-electron chi connectivity index (χ0n) is 12.7. The standard InChI is InChI=1S/C19H24O2/c1-2-3-4-5-6-10-14-19(21)15-13-17(20)18(19)16-11-8-7-9-12-16/h7-15,18,21H,2-6H2,1H3/b14-10+/t18-,19+/m0/s1. The predicted molar refractivity (Wildman–Crippen MR) is 86.2 cm³/mol. The van der Waals surface area contributed by atoms with Crippen molar-refractivity contribution in [3.8, 4) is 0 Å². The second kappa shape index (κ2) is 7.37. The summed E-state index contributed by atoms with van der Waals surface area (Å²) in [5.41, 5.74) is -0.311. The maximum absolute atomic E-state index is 12.1. The molecular weight excluding hydrogens is 260 g/mol. The number of unbranched alkanes of at least 4 members (excludes halogenated alkanes) is 4. The highest BCUT2D eigenvalue weighted by molar-refractivity contribution is 6.00. The summed E-state index contributed by atoms with van der Waals surface area (Å²) in [7, 11) is 0. The van der Waals surface area contributed by atoms with Crippen molar-refractivity contribution in [2.45, 2.75) is 50.5 Å². The second-order valence-corrected chi connectivity index (χ2v) is 5.72. The molecule has 0 aromatic heterocycles. The van der Waals surface area contributed by atoms with Crippen LogP contribution in [0.15, 0.2) is 54.6 Å². The Morgan fingerprint density at radius 2 is 1.95 bits per heavy atom. The van der Waals surface area contributed by atoms with Crippen LogP contribution < -0.4 is 0 Å². The van der Waals surface area contributed by atoms with Crippen molar-refractivity contribution < 1.29 is 9.90 Å². The molecule has 0 saturated heterocycles. The lowest BCUT2D eigenvalue weighted by atomic mass is 9.83. The lowest BCUT2D eigenvalue weighted by molar-refractivity contribution is -0.117. The van der Waals surface area contributed by atoms with Crippen LogP contribution in [0.3, 0.4) is 0 Å². The minimum atomic E-state index is -1.18. The number of benzene rings is 1. The lowest BCUT2D eigenvalue weighted by Crippen LogP contribution is -2.31. The summed E-state index contributed by atoms with van der Waals surface area (Å²) in [6.07, 6.45) is 12.7. The number of hydrogen-bond donors (Lipinski definition) is 1. The van der Waals surface area contributed by atoms with E-state index in [1.54, 1.807) is 12.2 Å². The van der Waals surface area contributed by atoms with Gasteiger partial charge < -0.3 is 5.11 Å². The van der Waals surface area contributed by atoms with Crippen LogP contribution in [0.1, 0.15) is 50.5 Å². The zero-order chi connectivity index (χ0) is 15.1. The molecule has 112 valence electrons. The number of hydrogen-bond acceptors (Lipinski definition) is 2. The highest BCUT2D eigenvalue weighted by atomic mass is 16.3. The van der Waals surface area contributed by atoms with Crippen molar-refractivity contribution in [3.05, 3.63) is 60.2 Å². The fraction of sp³-hybridized carbons (Fsp3) is 0.421. The van der Waals surface area contributed by atoms with E-state index in [1.165, 1.54) is 25.3 Å². The van der Waals surface area contributed by atoms with E-state index in [1.807, 2.05) is 36.4 Å². The van der Waals surface area contributed by atoms with E-state index in [4.69, 9.17) is 0 Å². The molecular formula is C19H24O2. The van der Waals surface area contributed by atoms with Crippen molar-refractivity contribution in [1.29, 1.82) is 0 Å². The van der Waals surface area contributed by atoms with Crippen LogP contribution in [0.4, 0.5) is 0 Å². The molecule has 21 heavy (non-hydrogen) atoms. The van der Waals surface area contributed by atoms with Crippen LogP contribution in [0.25, 0.3) is 0 Å². The summed E-state index contributed by atoms with van der Waals surface area (Å²) < 4.78 is 0. The quantitative estimate of drug-likeness (QED) is 0.603. The van der Waals surface area contributed by atoms with E-state index in [9.17, 15) is 9.90 Å². The molecule has 1 aliphatic rings. The first-order chi connectivity index (χ1) is 10.2. The molecule has 1 aromatic carbocycles. The van der Waals surface area contributed by atoms with Gasteiger partial charge in [0.15, 0.2) is 5.78 Å². The Kier molecular flexibility index (Phi) is 5.51. The molecule has 1 N–H and O–H groups in total. The molecule has 0 saturated carbocycles. The molecule has 0 fully saturated rings. The van der Waals surface area contributed by atoms with E-state index in [-0.39, 0.29) is 5.78 Å². The van der Waals surface area contributed by atoms with Gasteiger partial charge in [0.1, 0.15) is 5.60 Å². The Labute approximate surface area is 127 Å². The van der Waals surface area contributed by atoms with Crippen molar-refractivity contribution in [1.82, 2.24) is 0 Å². The molecule has 2 atom stereocenters. The maximum atomic E-state index is 12.1. The average molecular weight is 284 g/mol. The second-order valence-electron chi connectivity index (χ2n) is 5.72. The van der Waals surface area contributed by atoms with Crippen LogP contribution in [0.2, 0.25) is 0 Å². The van der Waals surface area contributed by atoms with Gasteiger partial charge in [-0.1, -0.05) is 68.7 Å². The van der Waals surface area contributed by atoms with Gasteiger partial charge in [-0.05, 0) is 30.6 Å². The molecule has 1 aromatic rings. The molecule has 2 nitrogen and oxygen atoms in total. The first kappa shape index (κ1) is 15.7. The summed E-state index contributed by atoms with van der Waals surface area (Å²) in [5, 5.41) is 10.8. The Morgan fingerprint density at radius 1 is 1.19 bits per heavy atom. The van der Waals surface area contributed by atoms with E-state index in [0.29, 0.717) is 0 Å². The van der Waals surface area contributed by atoms with Crippen molar-refractivity contribution in [2.75, 3.05) is 0 Å². The van der Waals surface area contributed by atoms with Crippen molar-refractivity contribution in [3.63, 3.8) is 0 Å². The first-order valence-corrected chi connectivity index (χ1v) is 7.85. The van der Waals surface area contributed by atoms with Crippen molar-refractivity contribution >= 4 is 5.78 Å². The summed E-state index contributed by atoms with van der Waals surface area (Å²) in [6, 6.07) is 9.51. The van der Waals surface area contributed by atoms with Gasteiger partial charge in [0.2, 0.25) is 0 Å². The summed E-state index contributed by atoms with van der Waals surface area (Å²) in [6.45, 7) is 2.19. The van der Waals surface area contributed by atoms with Crippen LogP contribution >= 0.6 is 0 Å². The lowest BCUT2D eigenvalue weighted by Gasteiger charge is -2.25. The zero-order valence-corrected chi connectivity index (χ0v) is 12.7. The highest BCUT2D eigenvalue weighted by Crippen LogP contribution is 2.37. The third-order valence-electron chi connectivity index (χ3n) is 4.00. The Morgan fingerprint density at radius 3 is 2.67 bits per heavy atom. The normalized spacial score (nSPS) is 25.0. The third-order valence-corrected chi connectivity index (χ3v) is 4.00. The van der Waals surface area contributed by atoms with Crippen LogP contribution in [-0.4, -0.2) is 16.5 Å². The average Bonchev–Trinajstić information content (AvgIpc) is 2.79. The number of ketones is 1. The molecule has 2 heteroatoms. The number of carbonyl (C=O) groups excluding carboxylic acids is 1. The number of allylic oxidation sites excluding steroid dienone is 2. The maximum Gasteiger partial charge on any atom is 0.166 e. The Balaban J connectivity index is 2.03. The van der Waals surface area contributed by atoms with E-state index < -0.39 is 11.5 Å². The topological polar surface area (TPSA) is 37.3 Å². The van der Waals surface area contributed by atoms with Crippen LogP contribution in [-0.2, 0) is 4.79 Å². The van der Waals surface area contributed by atoms with Crippen LogP contribution in [0, 0.1) is 0 Å². The minimum Gasteiger partial charge on any atom is -0.381 e.